The number of carbonyl (C=O) groups excluding carboxylic acids is 2. The lowest BCUT2D eigenvalue weighted by atomic mass is 9.64. The number of aliphatic hydroxyl groups is 2. The minimum Gasteiger partial charge on any atom is -0.450 e. The van der Waals surface area contributed by atoms with Gasteiger partial charge in [-0.25, -0.2) is 4.79 Å². The molecule has 3 aliphatic rings. The second kappa shape index (κ2) is 14.9. The van der Waals surface area contributed by atoms with E-state index in [1.165, 1.54) is 17.0 Å². The first kappa shape index (κ1) is 36.3. The number of halogens is 3. The van der Waals surface area contributed by atoms with Crippen molar-refractivity contribution in [2.45, 2.75) is 96.1 Å². The van der Waals surface area contributed by atoms with E-state index < -0.39 is 40.7 Å². The number of carbonyl (C=O) groups is 2. The van der Waals surface area contributed by atoms with Crippen molar-refractivity contribution in [2.75, 3.05) is 13.2 Å². The monoisotopic (exact) mass is 677 g/mol. The standard InChI is InChI=1S/C40H46F3NO5/c1-4-49-37(47)44(25-28-11-6-5-7-12-28)26-39(48)21-19-35-33-18-16-29(22-32(45)17-15-27(2)10-9-20-38(35,39)3)23-34(33)36(46)30-13-8-14-31(24-30)40(41,42)43/h5-8,10-14,16,18,23-24,32,35,45,48H,4,9,15,17,19-22,25-26H2,1-3H3. The first-order chi connectivity index (χ1) is 23.2. The Labute approximate surface area is 286 Å². The van der Waals surface area contributed by atoms with Crippen LogP contribution in [0, 0.1) is 5.41 Å². The molecule has 0 saturated heterocycles. The topological polar surface area (TPSA) is 87.1 Å². The molecule has 3 aliphatic carbocycles. The van der Waals surface area contributed by atoms with Crippen LogP contribution in [0.2, 0.25) is 0 Å². The second-order valence-corrected chi connectivity index (χ2v) is 13.9. The van der Waals surface area contributed by atoms with E-state index in [1.807, 2.05) is 56.3 Å². The smallest absolute Gasteiger partial charge is 0.416 e. The van der Waals surface area contributed by atoms with Gasteiger partial charge in [-0.3, -0.25) is 4.79 Å². The number of ketones is 1. The summed E-state index contributed by atoms with van der Waals surface area (Å²) in [5, 5.41) is 23.6. The molecule has 4 unspecified atom stereocenters. The Morgan fingerprint density at radius 1 is 1.00 bits per heavy atom. The molecule has 3 aromatic carbocycles. The number of nitrogens with zero attached hydrogens (tertiary/aromatic N) is 1. The number of fused-ring (bicyclic) bond motifs is 8. The molecule has 6 nitrogen and oxygen atoms in total. The third kappa shape index (κ3) is 8.10. The van der Waals surface area contributed by atoms with Crippen LogP contribution in [0.15, 0.2) is 84.4 Å². The molecule has 0 radical (unpaired) electrons. The maximum Gasteiger partial charge on any atom is 0.416 e. The van der Waals surface area contributed by atoms with Gasteiger partial charge in [0.2, 0.25) is 0 Å². The van der Waals surface area contributed by atoms with E-state index >= 15 is 0 Å². The molecule has 6 rings (SSSR count). The number of allylic oxidation sites excluding steroid dienone is 2. The van der Waals surface area contributed by atoms with Crippen molar-refractivity contribution >= 4 is 11.9 Å². The van der Waals surface area contributed by atoms with Crippen molar-refractivity contribution < 1.29 is 37.7 Å². The maximum atomic E-state index is 14.2. The summed E-state index contributed by atoms with van der Waals surface area (Å²) < 4.78 is 46.5. The largest absolute Gasteiger partial charge is 0.450 e. The number of hydrogen-bond acceptors (Lipinski definition) is 5. The first-order valence-electron chi connectivity index (χ1n) is 17.1. The molecule has 2 N–H and O–H groups in total. The van der Waals surface area contributed by atoms with Crippen molar-refractivity contribution in [2.24, 2.45) is 5.41 Å². The first-order valence-corrected chi connectivity index (χ1v) is 17.1. The summed E-state index contributed by atoms with van der Waals surface area (Å²) in [5.74, 6) is -0.908. The fourth-order valence-electron chi connectivity index (χ4n) is 7.71. The molecule has 0 heterocycles. The summed E-state index contributed by atoms with van der Waals surface area (Å²) in [5.41, 5.74) is 0.398. The van der Waals surface area contributed by atoms with Crippen LogP contribution in [0.3, 0.4) is 0 Å². The Bertz CT molecular complexity index is 1670. The Balaban J connectivity index is 1.61. The Hall–Kier alpha value is -3.95. The molecule has 9 heteroatoms. The van der Waals surface area contributed by atoms with Gasteiger partial charge in [0.05, 0.1) is 30.4 Å². The van der Waals surface area contributed by atoms with Gasteiger partial charge in [-0.2, -0.15) is 13.2 Å². The van der Waals surface area contributed by atoms with Gasteiger partial charge in [0.1, 0.15) is 0 Å². The van der Waals surface area contributed by atoms with Crippen molar-refractivity contribution in [3.05, 3.63) is 118 Å². The highest BCUT2D eigenvalue weighted by molar-refractivity contribution is 6.10. The summed E-state index contributed by atoms with van der Waals surface area (Å²) >= 11 is 0. The van der Waals surface area contributed by atoms with Crippen LogP contribution < -0.4 is 0 Å². The molecule has 262 valence electrons. The number of ether oxygens (including phenoxy) is 1. The third-order valence-corrected chi connectivity index (χ3v) is 10.6. The number of amides is 1. The molecule has 2 bridgehead atoms. The maximum absolute atomic E-state index is 14.2. The number of hydrogen-bond donors (Lipinski definition) is 2. The average Bonchev–Trinajstić information content (AvgIpc) is 3.32. The van der Waals surface area contributed by atoms with Crippen LogP contribution in [0.4, 0.5) is 18.0 Å². The zero-order valence-corrected chi connectivity index (χ0v) is 28.4. The van der Waals surface area contributed by atoms with Crippen molar-refractivity contribution in [1.29, 1.82) is 0 Å². The minimum absolute atomic E-state index is 0.00237. The summed E-state index contributed by atoms with van der Waals surface area (Å²) in [6.07, 6.45) is -0.247. The quantitative estimate of drug-likeness (QED) is 0.193. The van der Waals surface area contributed by atoms with E-state index in [-0.39, 0.29) is 43.2 Å². The predicted octanol–water partition coefficient (Wildman–Crippen LogP) is 8.63. The average molecular weight is 678 g/mol. The van der Waals surface area contributed by atoms with E-state index in [1.54, 1.807) is 13.0 Å². The lowest BCUT2D eigenvalue weighted by Gasteiger charge is -2.46. The molecule has 49 heavy (non-hydrogen) atoms. The molecule has 0 aromatic heterocycles. The van der Waals surface area contributed by atoms with Gasteiger partial charge in [0, 0.05) is 23.1 Å². The second-order valence-electron chi connectivity index (χ2n) is 13.9. The van der Waals surface area contributed by atoms with E-state index in [4.69, 9.17) is 4.74 Å². The van der Waals surface area contributed by atoms with Crippen LogP contribution in [0.1, 0.15) is 103 Å². The SMILES string of the molecule is CCOC(=O)N(Cc1ccccc1)CC1(O)CCC2c3ccc(cc3C(=O)c3cccc(C(F)(F)F)c3)CC(O)CCC(C)=CCCC21C. The molecule has 1 fully saturated rings. The normalized spacial score (nSPS) is 24.4. The third-order valence-electron chi connectivity index (χ3n) is 10.6. The Morgan fingerprint density at radius 3 is 2.47 bits per heavy atom. The molecule has 4 atom stereocenters. The predicted molar refractivity (Wildman–Crippen MR) is 182 cm³/mol. The van der Waals surface area contributed by atoms with Crippen molar-refractivity contribution in [3.63, 3.8) is 0 Å². The van der Waals surface area contributed by atoms with Crippen LogP contribution in [-0.2, 0) is 23.9 Å². The van der Waals surface area contributed by atoms with Gasteiger partial charge in [0.15, 0.2) is 5.78 Å². The summed E-state index contributed by atoms with van der Waals surface area (Å²) in [4.78, 5) is 29.1. The molecule has 0 spiro atoms. The fourth-order valence-corrected chi connectivity index (χ4v) is 7.71. The van der Waals surface area contributed by atoms with E-state index in [2.05, 4.69) is 6.08 Å². The van der Waals surface area contributed by atoms with Crippen molar-refractivity contribution in [1.82, 2.24) is 4.90 Å². The highest BCUT2D eigenvalue weighted by Gasteiger charge is 2.57. The van der Waals surface area contributed by atoms with Crippen LogP contribution in [0.5, 0.6) is 0 Å². The van der Waals surface area contributed by atoms with Gasteiger partial charge in [-0.15, -0.1) is 0 Å². The van der Waals surface area contributed by atoms with Crippen LogP contribution in [0.25, 0.3) is 0 Å². The van der Waals surface area contributed by atoms with Crippen LogP contribution >= 0.6 is 0 Å². The van der Waals surface area contributed by atoms with Gasteiger partial charge in [-0.1, -0.05) is 73.2 Å². The van der Waals surface area contributed by atoms with Gasteiger partial charge in [-0.05, 0) is 99.6 Å². The molecule has 0 aliphatic heterocycles. The van der Waals surface area contributed by atoms with Gasteiger partial charge >= 0.3 is 12.3 Å². The molecular formula is C40H46F3NO5. The molecule has 1 amide bonds. The highest BCUT2D eigenvalue weighted by Crippen LogP contribution is 2.59. The van der Waals surface area contributed by atoms with Crippen molar-refractivity contribution in [3.8, 4) is 0 Å². The summed E-state index contributed by atoms with van der Waals surface area (Å²) in [6, 6.07) is 19.4. The van der Waals surface area contributed by atoms with E-state index in [0.29, 0.717) is 49.7 Å². The Morgan fingerprint density at radius 2 is 1.76 bits per heavy atom. The zero-order valence-electron chi connectivity index (χ0n) is 28.4. The number of aliphatic hydroxyl groups excluding tert-OH is 1. The fraction of sp³-hybridized carbons (Fsp3) is 0.450. The van der Waals surface area contributed by atoms with Gasteiger partial charge in [0.25, 0.3) is 0 Å². The molecule has 3 aromatic rings. The lowest BCUT2D eigenvalue weighted by Crippen LogP contribution is -2.53. The number of rotatable bonds is 7. The molecule has 1 saturated carbocycles. The zero-order chi connectivity index (χ0) is 35.4. The van der Waals surface area contributed by atoms with E-state index in [9.17, 15) is 33.0 Å². The summed E-state index contributed by atoms with van der Waals surface area (Å²) in [6.45, 7) is 6.17. The lowest BCUT2D eigenvalue weighted by molar-refractivity contribution is -0.137. The number of alkyl halides is 3. The minimum atomic E-state index is -4.62. The summed E-state index contributed by atoms with van der Waals surface area (Å²) in [7, 11) is 0. The van der Waals surface area contributed by atoms with Crippen LogP contribution in [-0.4, -0.2) is 51.8 Å². The highest BCUT2D eigenvalue weighted by atomic mass is 19.4. The van der Waals surface area contributed by atoms with E-state index in [0.717, 1.165) is 23.3 Å². The van der Waals surface area contributed by atoms with Gasteiger partial charge < -0.3 is 19.8 Å². The molecular weight excluding hydrogens is 631 g/mol. The number of benzene rings is 3. The Kier molecular flexibility index (Phi) is 11.0.